The molecule has 3 heteroatoms. The smallest absolute Gasteiger partial charge is 0.108 e. The summed E-state index contributed by atoms with van der Waals surface area (Å²) in [4.78, 5) is 4.54. The molecule has 0 radical (unpaired) electrons. The number of nitrogens with two attached hydrogens (primary N) is 1. The first kappa shape index (κ1) is 13.6. The van der Waals surface area contributed by atoms with Crippen LogP contribution in [0.3, 0.4) is 0 Å². The van der Waals surface area contributed by atoms with Gasteiger partial charge in [0.05, 0.1) is 0 Å². The van der Waals surface area contributed by atoms with Gasteiger partial charge in [0.1, 0.15) is 5.82 Å². The van der Waals surface area contributed by atoms with Crippen molar-refractivity contribution >= 4 is 0 Å². The zero-order chi connectivity index (χ0) is 13.0. The van der Waals surface area contributed by atoms with Crippen LogP contribution in [0.1, 0.15) is 45.4 Å². The molecule has 1 aliphatic rings. The van der Waals surface area contributed by atoms with E-state index in [1.807, 2.05) is 6.20 Å². The van der Waals surface area contributed by atoms with Crippen molar-refractivity contribution in [2.75, 3.05) is 6.54 Å². The monoisotopic (exact) mass is 249 g/mol. The lowest BCUT2D eigenvalue weighted by Crippen LogP contribution is -2.31. The van der Waals surface area contributed by atoms with Crippen molar-refractivity contribution in [3.63, 3.8) is 0 Å². The molecule has 3 nitrogen and oxygen atoms in total. The summed E-state index contributed by atoms with van der Waals surface area (Å²) in [6.45, 7) is 6.52. The van der Waals surface area contributed by atoms with Crippen molar-refractivity contribution in [1.82, 2.24) is 9.55 Å². The number of rotatable bonds is 5. The van der Waals surface area contributed by atoms with Crippen LogP contribution in [0.5, 0.6) is 0 Å². The van der Waals surface area contributed by atoms with Crippen LogP contribution in [0.15, 0.2) is 12.4 Å². The highest BCUT2D eigenvalue weighted by molar-refractivity contribution is 4.96. The van der Waals surface area contributed by atoms with Crippen LogP contribution in [0.25, 0.3) is 0 Å². The zero-order valence-electron chi connectivity index (χ0n) is 11.8. The Bertz CT molecular complexity index is 358. The lowest BCUT2D eigenvalue weighted by molar-refractivity contribution is 0.189. The molecule has 1 aromatic heterocycles. The fraction of sp³-hybridized carbons (Fsp3) is 0.800. The fourth-order valence-corrected chi connectivity index (χ4v) is 3.33. The van der Waals surface area contributed by atoms with Crippen molar-refractivity contribution in [2.24, 2.45) is 23.5 Å². The molecular formula is C15H27N3. The Labute approximate surface area is 111 Å². The van der Waals surface area contributed by atoms with Gasteiger partial charge in [-0.05, 0) is 43.6 Å². The van der Waals surface area contributed by atoms with E-state index in [2.05, 4.69) is 29.6 Å². The van der Waals surface area contributed by atoms with Gasteiger partial charge in [0, 0.05) is 25.4 Å². The van der Waals surface area contributed by atoms with Gasteiger partial charge >= 0.3 is 0 Å². The molecule has 1 heterocycles. The highest BCUT2D eigenvalue weighted by atomic mass is 15.1. The highest BCUT2D eigenvalue weighted by Crippen LogP contribution is 2.35. The molecule has 1 saturated carbocycles. The van der Waals surface area contributed by atoms with E-state index in [4.69, 9.17) is 5.73 Å². The van der Waals surface area contributed by atoms with E-state index in [1.165, 1.54) is 31.5 Å². The van der Waals surface area contributed by atoms with Crippen molar-refractivity contribution in [1.29, 1.82) is 0 Å². The standard InChI is InChI=1S/C15H27N3/c1-3-7-18-8-6-17-15(18)10-14-9-12(2)4-5-13(14)11-16/h6,8,12-14H,3-5,7,9-11,16H2,1-2H3. The van der Waals surface area contributed by atoms with Crippen molar-refractivity contribution in [3.05, 3.63) is 18.2 Å². The van der Waals surface area contributed by atoms with E-state index in [-0.39, 0.29) is 0 Å². The summed E-state index contributed by atoms with van der Waals surface area (Å²) in [5.74, 6) is 3.55. The zero-order valence-corrected chi connectivity index (χ0v) is 11.8. The second-order valence-electron chi connectivity index (χ2n) is 5.92. The van der Waals surface area contributed by atoms with Crippen molar-refractivity contribution in [2.45, 2.75) is 52.5 Å². The van der Waals surface area contributed by atoms with E-state index in [1.54, 1.807) is 0 Å². The van der Waals surface area contributed by atoms with Crippen LogP contribution in [0.2, 0.25) is 0 Å². The minimum atomic E-state index is 0.702. The Balaban J connectivity index is 2.03. The van der Waals surface area contributed by atoms with Crippen LogP contribution < -0.4 is 5.73 Å². The average Bonchev–Trinajstić information content (AvgIpc) is 2.78. The van der Waals surface area contributed by atoms with Crippen molar-refractivity contribution in [3.8, 4) is 0 Å². The predicted molar refractivity (Wildman–Crippen MR) is 75.3 cm³/mol. The summed E-state index contributed by atoms with van der Waals surface area (Å²) in [5, 5.41) is 0. The number of hydrogen-bond donors (Lipinski definition) is 1. The first-order valence-electron chi connectivity index (χ1n) is 7.44. The molecule has 3 atom stereocenters. The third-order valence-electron chi connectivity index (χ3n) is 4.42. The van der Waals surface area contributed by atoms with Crippen LogP contribution >= 0.6 is 0 Å². The number of hydrogen-bond acceptors (Lipinski definition) is 2. The third kappa shape index (κ3) is 3.14. The quantitative estimate of drug-likeness (QED) is 0.872. The Morgan fingerprint density at radius 1 is 1.39 bits per heavy atom. The molecule has 0 saturated heterocycles. The van der Waals surface area contributed by atoms with Gasteiger partial charge in [-0.25, -0.2) is 4.98 Å². The van der Waals surface area contributed by atoms with Crippen molar-refractivity contribution < 1.29 is 0 Å². The molecule has 18 heavy (non-hydrogen) atoms. The Morgan fingerprint density at radius 2 is 2.22 bits per heavy atom. The molecule has 2 rings (SSSR count). The lowest BCUT2D eigenvalue weighted by Gasteiger charge is -2.34. The summed E-state index contributed by atoms with van der Waals surface area (Å²) in [6, 6.07) is 0. The molecule has 1 aromatic rings. The minimum Gasteiger partial charge on any atom is -0.335 e. The predicted octanol–water partition coefficient (Wildman–Crippen LogP) is 2.85. The molecule has 0 bridgehead atoms. The average molecular weight is 249 g/mol. The first-order valence-corrected chi connectivity index (χ1v) is 7.44. The highest BCUT2D eigenvalue weighted by Gasteiger charge is 2.28. The summed E-state index contributed by atoms with van der Waals surface area (Å²) >= 11 is 0. The first-order chi connectivity index (χ1) is 8.74. The topological polar surface area (TPSA) is 43.8 Å². The van der Waals surface area contributed by atoms with Crippen LogP contribution in [-0.2, 0) is 13.0 Å². The maximum Gasteiger partial charge on any atom is 0.108 e. The van der Waals surface area contributed by atoms with E-state index < -0.39 is 0 Å². The molecule has 2 N–H and O–H groups in total. The van der Waals surface area contributed by atoms with E-state index >= 15 is 0 Å². The SMILES string of the molecule is CCCn1ccnc1CC1CC(C)CCC1CN. The number of aryl methyl sites for hydroxylation is 1. The molecule has 0 amide bonds. The van der Waals surface area contributed by atoms with E-state index in [9.17, 15) is 0 Å². The summed E-state index contributed by atoms with van der Waals surface area (Å²) in [7, 11) is 0. The molecule has 0 aliphatic heterocycles. The molecule has 1 fully saturated rings. The van der Waals surface area contributed by atoms with Crippen LogP contribution in [0.4, 0.5) is 0 Å². The van der Waals surface area contributed by atoms with Gasteiger partial charge in [-0.2, -0.15) is 0 Å². The molecule has 0 aromatic carbocycles. The number of aromatic nitrogens is 2. The molecule has 3 unspecified atom stereocenters. The summed E-state index contributed by atoms with van der Waals surface area (Å²) in [5.41, 5.74) is 5.94. The maximum absolute atomic E-state index is 5.94. The van der Waals surface area contributed by atoms with Gasteiger partial charge in [-0.15, -0.1) is 0 Å². The van der Waals surface area contributed by atoms with Gasteiger partial charge in [0.15, 0.2) is 0 Å². The third-order valence-corrected chi connectivity index (χ3v) is 4.42. The fourth-order valence-electron chi connectivity index (χ4n) is 3.33. The largest absolute Gasteiger partial charge is 0.335 e. The Hall–Kier alpha value is -0.830. The normalized spacial score (nSPS) is 28.5. The number of nitrogens with zero attached hydrogens (tertiary/aromatic N) is 2. The van der Waals surface area contributed by atoms with Gasteiger partial charge in [-0.3, -0.25) is 0 Å². The Morgan fingerprint density at radius 3 is 2.94 bits per heavy atom. The lowest BCUT2D eigenvalue weighted by atomic mass is 9.73. The van der Waals surface area contributed by atoms with Gasteiger partial charge in [0.25, 0.3) is 0 Å². The minimum absolute atomic E-state index is 0.702. The van der Waals surface area contributed by atoms with Crippen LogP contribution in [-0.4, -0.2) is 16.1 Å². The van der Waals surface area contributed by atoms with E-state index in [0.29, 0.717) is 5.92 Å². The van der Waals surface area contributed by atoms with Gasteiger partial charge in [0.2, 0.25) is 0 Å². The second-order valence-corrected chi connectivity index (χ2v) is 5.92. The molecule has 102 valence electrons. The maximum atomic E-state index is 5.94. The summed E-state index contributed by atoms with van der Waals surface area (Å²) in [6.07, 6.45) is 10.3. The van der Waals surface area contributed by atoms with Crippen LogP contribution in [0, 0.1) is 17.8 Å². The molecule has 0 spiro atoms. The van der Waals surface area contributed by atoms with Gasteiger partial charge in [-0.1, -0.05) is 20.3 Å². The second kappa shape index (κ2) is 6.37. The molecular weight excluding hydrogens is 222 g/mol. The number of imidazole rings is 1. The Kier molecular flexibility index (Phi) is 4.81. The summed E-state index contributed by atoms with van der Waals surface area (Å²) < 4.78 is 2.31. The molecule has 1 aliphatic carbocycles. The van der Waals surface area contributed by atoms with E-state index in [0.717, 1.165) is 31.3 Å². The van der Waals surface area contributed by atoms with Gasteiger partial charge < -0.3 is 10.3 Å².